The van der Waals surface area contributed by atoms with Gasteiger partial charge in [0.25, 0.3) is 0 Å². The number of aliphatic hydroxyl groups excluding tert-OH is 1. The average Bonchev–Trinajstić information content (AvgIpc) is 3.06. The number of nitrogens with zero attached hydrogens (tertiary/aromatic N) is 3. The quantitative estimate of drug-likeness (QED) is 0.537. The van der Waals surface area contributed by atoms with Gasteiger partial charge in [-0.1, -0.05) is 26.7 Å². The van der Waals surface area contributed by atoms with E-state index in [2.05, 4.69) is 29.4 Å². The molecule has 3 rings (SSSR count). The second kappa shape index (κ2) is 11.8. The van der Waals surface area contributed by atoms with Crippen molar-refractivity contribution < 1.29 is 5.11 Å². The summed E-state index contributed by atoms with van der Waals surface area (Å²) in [6.45, 7) is 8.90. The summed E-state index contributed by atoms with van der Waals surface area (Å²) < 4.78 is 0. The molecule has 158 valence electrons. The van der Waals surface area contributed by atoms with Gasteiger partial charge in [-0.3, -0.25) is 0 Å². The van der Waals surface area contributed by atoms with Gasteiger partial charge in [-0.05, 0) is 31.2 Å². The number of hydrogen-bond acceptors (Lipinski definition) is 7. The molecule has 0 unspecified atom stereocenters. The summed E-state index contributed by atoms with van der Waals surface area (Å²) in [6.07, 6.45) is 6.99. The van der Waals surface area contributed by atoms with Crippen LogP contribution in [0.2, 0.25) is 0 Å². The molecule has 1 aliphatic rings. The van der Waals surface area contributed by atoms with Gasteiger partial charge in [0, 0.05) is 37.6 Å². The Balaban J connectivity index is 0.00000280. The number of nitrogens with one attached hydrogen (secondary N) is 2. The summed E-state index contributed by atoms with van der Waals surface area (Å²) in [5.41, 5.74) is 1.43. The van der Waals surface area contributed by atoms with Crippen LogP contribution < -0.4 is 15.5 Å². The number of aromatic nitrogens is 2. The Morgan fingerprint density at radius 1 is 1.11 bits per heavy atom. The highest BCUT2D eigenvalue weighted by Crippen LogP contribution is 2.37. The Labute approximate surface area is 178 Å². The molecule has 2 aromatic rings. The second-order valence-electron chi connectivity index (χ2n) is 7.15. The van der Waals surface area contributed by atoms with E-state index >= 15 is 0 Å². The van der Waals surface area contributed by atoms with E-state index < -0.39 is 0 Å². The van der Waals surface area contributed by atoms with Crippen molar-refractivity contribution in [3.05, 3.63) is 10.4 Å². The van der Waals surface area contributed by atoms with Crippen LogP contribution in [0, 0.1) is 0 Å². The molecule has 0 atom stereocenters. The predicted molar refractivity (Wildman–Crippen MR) is 123 cm³/mol. The molecule has 0 amide bonds. The number of piperazine rings is 1. The number of unbranched alkanes of at least 4 members (excludes halogenated alkanes) is 2. The van der Waals surface area contributed by atoms with Crippen LogP contribution in [0.15, 0.2) is 0 Å². The summed E-state index contributed by atoms with van der Waals surface area (Å²) in [5.74, 6) is 1.71. The molecule has 2 aromatic heterocycles. The SMILES string of the molecule is CCCCc1sc2nc(N3CCNCC3)nc(NCCO)c2c1CCCC.Cl. The molecule has 1 aliphatic heterocycles. The van der Waals surface area contributed by atoms with Gasteiger partial charge in [0.05, 0.1) is 12.0 Å². The molecular weight excluding hydrogens is 394 g/mol. The highest BCUT2D eigenvalue weighted by atomic mass is 35.5. The van der Waals surface area contributed by atoms with Crippen molar-refractivity contribution >= 4 is 45.7 Å². The highest BCUT2D eigenvalue weighted by Gasteiger charge is 2.21. The minimum atomic E-state index is 0. The van der Waals surface area contributed by atoms with E-state index in [1.165, 1.54) is 41.5 Å². The Morgan fingerprint density at radius 3 is 2.50 bits per heavy atom. The Bertz CT molecular complexity index is 733. The third-order valence-corrected chi connectivity index (χ3v) is 6.25. The number of thiophene rings is 1. The van der Waals surface area contributed by atoms with Crippen molar-refractivity contribution in [2.75, 3.05) is 49.5 Å². The first-order valence-electron chi connectivity index (χ1n) is 10.4. The van der Waals surface area contributed by atoms with Crippen molar-refractivity contribution in [3.63, 3.8) is 0 Å². The van der Waals surface area contributed by atoms with E-state index in [9.17, 15) is 5.11 Å². The molecule has 0 aromatic carbocycles. The lowest BCUT2D eigenvalue weighted by molar-refractivity contribution is 0.311. The van der Waals surface area contributed by atoms with E-state index in [1.807, 2.05) is 11.3 Å². The fourth-order valence-corrected chi connectivity index (χ4v) is 4.81. The number of aryl methyl sites for hydroxylation is 2. The maximum atomic E-state index is 9.33. The molecule has 0 spiro atoms. The summed E-state index contributed by atoms with van der Waals surface area (Å²) >= 11 is 1.84. The van der Waals surface area contributed by atoms with Crippen molar-refractivity contribution in [1.82, 2.24) is 15.3 Å². The normalized spacial score (nSPS) is 14.3. The fraction of sp³-hybridized carbons (Fsp3) is 0.700. The first-order chi connectivity index (χ1) is 13.3. The topological polar surface area (TPSA) is 73.3 Å². The van der Waals surface area contributed by atoms with Gasteiger partial charge in [-0.25, -0.2) is 4.98 Å². The molecule has 3 N–H and O–H groups in total. The maximum Gasteiger partial charge on any atom is 0.228 e. The number of anilines is 2. The highest BCUT2D eigenvalue weighted by molar-refractivity contribution is 7.19. The lowest BCUT2D eigenvalue weighted by atomic mass is 10.0. The van der Waals surface area contributed by atoms with Crippen LogP contribution in [-0.2, 0) is 12.8 Å². The number of hydrogen-bond donors (Lipinski definition) is 3. The van der Waals surface area contributed by atoms with E-state index in [1.54, 1.807) is 0 Å². The number of aliphatic hydroxyl groups is 1. The average molecular weight is 428 g/mol. The molecule has 0 radical (unpaired) electrons. The van der Waals surface area contributed by atoms with Crippen molar-refractivity contribution in [1.29, 1.82) is 0 Å². The minimum Gasteiger partial charge on any atom is -0.395 e. The Kier molecular flexibility index (Phi) is 9.71. The molecule has 0 bridgehead atoms. The van der Waals surface area contributed by atoms with Gasteiger partial charge < -0.3 is 20.6 Å². The molecular formula is C20H34ClN5OS. The van der Waals surface area contributed by atoms with Gasteiger partial charge in [0.15, 0.2) is 0 Å². The maximum absolute atomic E-state index is 9.33. The molecule has 1 saturated heterocycles. The van der Waals surface area contributed by atoms with E-state index in [0.29, 0.717) is 6.54 Å². The third-order valence-electron chi connectivity index (χ3n) is 5.06. The first kappa shape index (κ1) is 23.1. The standard InChI is InChI=1S/C20H33N5OS.ClH/c1-3-5-7-15-16(8-6-4-2)27-19-17(15)18(22-11-14-26)23-20(24-19)25-12-9-21-10-13-25;/h21,26H,3-14H2,1-2H3,(H,22,23,24);1H. The molecule has 28 heavy (non-hydrogen) atoms. The summed E-state index contributed by atoms with van der Waals surface area (Å²) in [7, 11) is 0. The van der Waals surface area contributed by atoms with Crippen molar-refractivity contribution in [2.24, 2.45) is 0 Å². The van der Waals surface area contributed by atoms with Crippen LogP contribution in [0.5, 0.6) is 0 Å². The van der Waals surface area contributed by atoms with Crippen LogP contribution in [0.25, 0.3) is 10.2 Å². The smallest absolute Gasteiger partial charge is 0.228 e. The molecule has 8 heteroatoms. The zero-order chi connectivity index (χ0) is 19.1. The van der Waals surface area contributed by atoms with Crippen molar-refractivity contribution in [3.8, 4) is 0 Å². The summed E-state index contributed by atoms with van der Waals surface area (Å²) in [6, 6.07) is 0. The molecule has 0 saturated carbocycles. The van der Waals surface area contributed by atoms with Crippen LogP contribution in [0.3, 0.4) is 0 Å². The molecule has 6 nitrogen and oxygen atoms in total. The van der Waals surface area contributed by atoms with Gasteiger partial charge >= 0.3 is 0 Å². The first-order valence-corrected chi connectivity index (χ1v) is 11.2. The van der Waals surface area contributed by atoms with Gasteiger partial charge in [-0.2, -0.15) is 4.98 Å². The summed E-state index contributed by atoms with van der Waals surface area (Å²) in [5, 5.41) is 17.3. The number of rotatable bonds is 10. The number of halogens is 1. The van der Waals surface area contributed by atoms with E-state index in [0.717, 1.165) is 55.6 Å². The summed E-state index contributed by atoms with van der Waals surface area (Å²) in [4.78, 5) is 14.7. The largest absolute Gasteiger partial charge is 0.395 e. The van der Waals surface area contributed by atoms with Crippen LogP contribution in [0.1, 0.15) is 50.0 Å². The van der Waals surface area contributed by atoms with E-state index in [-0.39, 0.29) is 19.0 Å². The lowest BCUT2D eigenvalue weighted by Gasteiger charge is -2.27. The Morgan fingerprint density at radius 2 is 1.82 bits per heavy atom. The monoisotopic (exact) mass is 427 g/mol. The lowest BCUT2D eigenvalue weighted by Crippen LogP contribution is -2.44. The third kappa shape index (κ3) is 5.47. The molecule has 1 fully saturated rings. The van der Waals surface area contributed by atoms with Crippen molar-refractivity contribution in [2.45, 2.75) is 52.4 Å². The van der Waals surface area contributed by atoms with Gasteiger partial charge in [-0.15, -0.1) is 23.7 Å². The van der Waals surface area contributed by atoms with Crippen LogP contribution in [0.4, 0.5) is 11.8 Å². The second-order valence-corrected chi connectivity index (χ2v) is 8.23. The number of fused-ring (bicyclic) bond motifs is 1. The zero-order valence-corrected chi connectivity index (χ0v) is 18.7. The molecule has 0 aliphatic carbocycles. The van der Waals surface area contributed by atoms with Crippen LogP contribution in [-0.4, -0.2) is 54.4 Å². The minimum absolute atomic E-state index is 0. The predicted octanol–water partition coefficient (Wildman–Crippen LogP) is 3.61. The van der Waals surface area contributed by atoms with Crippen LogP contribution >= 0.6 is 23.7 Å². The zero-order valence-electron chi connectivity index (χ0n) is 17.1. The van der Waals surface area contributed by atoms with Gasteiger partial charge in [0.1, 0.15) is 10.6 Å². The Hall–Kier alpha value is -1.15. The van der Waals surface area contributed by atoms with Gasteiger partial charge in [0.2, 0.25) is 5.95 Å². The van der Waals surface area contributed by atoms with E-state index in [4.69, 9.17) is 9.97 Å². The molecule has 3 heterocycles. The fourth-order valence-electron chi connectivity index (χ4n) is 3.56.